The summed E-state index contributed by atoms with van der Waals surface area (Å²) in [5.41, 5.74) is 7.60. The molecule has 0 bridgehead atoms. The standard InChI is InChI=1S/C34H36S/c1-2-9-26-14-16-27(17-15-26)28-18-20-29(21-19-28)30-22-24-33(25-23-30)34(35,31-10-5-3-6-11-31)32-12-7-4-8-13-32/h3-8,10-13,18-27,35H,2,9,14-17H2,1H3. The van der Waals surface area contributed by atoms with E-state index in [4.69, 9.17) is 12.6 Å². The largest absolute Gasteiger partial charge is 0.158 e. The van der Waals surface area contributed by atoms with Gasteiger partial charge in [0.1, 0.15) is 0 Å². The highest BCUT2D eigenvalue weighted by Gasteiger charge is 2.32. The first-order valence-electron chi connectivity index (χ1n) is 13.2. The second-order valence-electron chi connectivity index (χ2n) is 10.1. The Bertz CT molecular complexity index is 1150. The zero-order valence-electron chi connectivity index (χ0n) is 20.7. The Kier molecular flexibility index (Phi) is 7.44. The van der Waals surface area contributed by atoms with Crippen LogP contribution in [0.1, 0.15) is 73.6 Å². The van der Waals surface area contributed by atoms with Crippen LogP contribution in [0.5, 0.6) is 0 Å². The van der Waals surface area contributed by atoms with Crippen molar-refractivity contribution in [1.29, 1.82) is 0 Å². The topological polar surface area (TPSA) is 0 Å². The van der Waals surface area contributed by atoms with Crippen LogP contribution in [0.15, 0.2) is 109 Å². The van der Waals surface area contributed by atoms with Crippen molar-refractivity contribution in [2.45, 2.75) is 56.1 Å². The quantitative estimate of drug-likeness (QED) is 0.199. The van der Waals surface area contributed by atoms with Crippen molar-refractivity contribution < 1.29 is 0 Å². The molecule has 0 unspecified atom stereocenters. The van der Waals surface area contributed by atoms with Gasteiger partial charge in [0.2, 0.25) is 0 Å². The van der Waals surface area contributed by atoms with E-state index in [1.807, 2.05) is 0 Å². The molecule has 0 saturated heterocycles. The number of rotatable bonds is 7. The predicted octanol–water partition coefficient (Wildman–Crippen LogP) is 9.65. The summed E-state index contributed by atoms with van der Waals surface area (Å²) in [5.74, 6) is 1.70. The minimum atomic E-state index is -0.498. The minimum Gasteiger partial charge on any atom is -0.158 e. The van der Waals surface area contributed by atoms with Crippen molar-refractivity contribution in [3.63, 3.8) is 0 Å². The van der Waals surface area contributed by atoms with Gasteiger partial charge >= 0.3 is 0 Å². The lowest BCUT2D eigenvalue weighted by molar-refractivity contribution is 0.308. The van der Waals surface area contributed by atoms with Crippen molar-refractivity contribution in [2.24, 2.45) is 5.92 Å². The predicted molar refractivity (Wildman–Crippen MR) is 153 cm³/mol. The average Bonchev–Trinajstić information content (AvgIpc) is 2.94. The Balaban J connectivity index is 1.37. The second kappa shape index (κ2) is 10.9. The van der Waals surface area contributed by atoms with Crippen LogP contribution in [0.2, 0.25) is 0 Å². The number of hydrogen-bond donors (Lipinski definition) is 1. The lowest BCUT2D eigenvalue weighted by atomic mass is 9.77. The Labute approximate surface area is 216 Å². The van der Waals surface area contributed by atoms with E-state index < -0.39 is 4.75 Å². The Hall–Kier alpha value is -2.77. The number of benzene rings is 4. The molecule has 0 aliphatic heterocycles. The Morgan fingerprint density at radius 2 is 1.06 bits per heavy atom. The summed E-state index contributed by atoms with van der Waals surface area (Å²) in [4.78, 5) is 0. The van der Waals surface area contributed by atoms with Crippen molar-refractivity contribution >= 4 is 12.6 Å². The van der Waals surface area contributed by atoms with Gasteiger partial charge in [-0.3, -0.25) is 0 Å². The van der Waals surface area contributed by atoms with Crippen LogP contribution in [-0.2, 0) is 4.75 Å². The van der Waals surface area contributed by atoms with Gasteiger partial charge in [0, 0.05) is 0 Å². The fourth-order valence-corrected chi connectivity index (χ4v) is 6.35. The van der Waals surface area contributed by atoms with Crippen LogP contribution in [0, 0.1) is 5.92 Å². The maximum absolute atomic E-state index is 5.30. The molecule has 1 heteroatoms. The van der Waals surface area contributed by atoms with Gasteiger partial charge in [-0.1, -0.05) is 129 Å². The molecule has 0 N–H and O–H groups in total. The highest BCUT2D eigenvalue weighted by Crippen LogP contribution is 2.43. The van der Waals surface area contributed by atoms with Gasteiger partial charge in [-0.2, -0.15) is 12.6 Å². The van der Waals surface area contributed by atoms with Crippen molar-refractivity contribution in [3.05, 3.63) is 131 Å². The van der Waals surface area contributed by atoms with Crippen LogP contribution < -0.4 is 0 Å². The number of thiol groups is 1. The van der Waals surface area contributed by atoms with Gasteiger partial charge in [-0.15, -0.1) is 0 Å². The van der Waals surface area contributed by atoms with Crippen LogP contribution in [0.25, 0.3) is 11.1 Å². The average molecular weight is 477 g/mol. The van der Waals surface area contributed by atoms with Gasteiger partial charge in [-0.25, -0.2) is 0 Å². The summed E-state index contributed by atoms with van der Waals surface area (Å²) < 4.78 is -0.498. The number of hydrogen-bond acceptors (Lipinski definition) is 1. The van der Waals surface area contributed by atoms with E-state index >= 15 is 0 Å². The first-order chi connectivity index (χ1) is 17.2. The zero-order valence-corrected chi connectivity index (χ0v) is 21.6. The fraction of sp³-hybridized carbons (Fsp3) is 0.294. The summed E-state index contributed by atoms with van der Waals surface area (Å²) in [7, 11) is 0. The van der Waals surface area contributed by atoms with Crippen molar-refractivity contribution in [3.8, 4) is 11.1 Å². The molecule has 1 fully saturated rings. The van der Waals surface area contributed by atoms with E-state index in [2.05, 4.69) is 116 Å². The smallest absolute Gasteiger partial charge is 0.0878 e. The van der Waals surface area contributed by atoms with E-state index in [1.165, 1.54) is 71.9 Å². The molecule has 1 aliphatic carbocycles. The van der Waals surface area contributed by atoms with Gasteiger partial charge in [0.05, 0.1) is 4.75 Å². The van der Waals surface area contributed by atoms with Crippen LogP contribution in [0.4, 0.5) is 0 Å². The van der Waals surface area contributed by atoms with E-state index in [9.17, 15) is 0 Å². The molecular weight excluding hydrogens is 440 g/mol. The highest BCUT2D eigenvalue weighted by atomic mass is 32.1. The molecule has 0 radical (unpaired) electrons. The van der Waals surface area contributed by atoms with E-state index in [-0.39, 0.29) is 0 Å². The molecule has 178 valence electrons. The molecular formula is C34H36S. The molecule has 1 saturated carbocycles. The van der Waals surface area contributed by atoms with Gasteiger partial charge < -0.3 is 0 Å². The molecule has 1 aliphatic rings. The summed E-state index contributed by atoms with van der Waals surface area (Å²) in [6.07, 6.45) is 8.23. The lowest BCUT2D eigenvalue weighted by Crippen LogP contribution is -2.22. The highest BCUT2D eigenvalue weighted by molar-refractivity contribution is 7.81. The Morgan fingerprint density at radius 1 is 0.600 bits per heavy atom. The van der Waals surface area contributed by atoms with Gasteiger partial charge in [0.25, 0.3) is 0 Å². The molecule has 5 rings (SSSR count). The summed E-state index contributed by atoms with van der Waals surface area (Å²) >= 11 is 5.30. The van der Waals surface area contributed by atoms with Gasteiger partial charge in [0.15, 0.2) is 0 Å². The maximum atomic E-state index is 5.30. The molecule has 0 atom stereocenters. The lowest BCUT2D eigenvalue weighted by Gasteiger charge is -2.31. The van der Waals surface area contributed by atoms with Gasteiger partial charge in [-0.05, 0) is 70.9 Å². The van der Waals surface area contributed by atoms with E-state index in [0.717, 1.165) is 11.8 Å². The van der Waals surface area contributed by atoms with Crippen molar-refractivity contribution in [2.75, 3.05) is 0 Å². The molecule has 0 amide bonds. The molecule has 4 aromatic carbocycles. The van der Waals surface area contributed by atoms with Crippen LogP contribution in [-0.4, -0.2) is 0 Å². The third kappa shape index (κ3) is 5.11. The first kappa shape index (κ1) is 23.9. The summed E-state index contributed by atoms with van der Waals surface area (Å²) in [6.45, 7) is 2.32. The zero-order chi connectivity index (χ0) is 24.1. The molecule has 0 heterocycles. The monoisotopic (exact) mass is 476 g/mol. The Morgan fingerprint density at radius 3 is 1.54 bits per heavy atom. The summed E-state index contributed by atoms with van der Waals surface area (Å²) in [5, 5.41) is 0. The van der Waals surface area contributed by atoms with Crippen molar-refractivity contribution in [1.82, 2.24) is 0 Å². The van der Waals surface area contributed by atoms with E-state index in [1.54, 1.807) is 0 Å². The normalized spacial score (nSPS) is 18.3. The molecule has 4 aromatic rings. The third-order valence-electron chi connectivity index (χ3n) is 7.94. The first-order valence-corrected chi connectivity index (χ1v) is 13.7. The minimum absolute atomic E-state index is 0.498. The molecule has 0 aromatic heterocycles. The van der Waals surface area contributed by atoms with Crippen LogP contribution in [0.3, 0.4) is 0 Å². The summed E-state index contributed by atoms with van der Waals surface area (Å²) in [6, 6.07) is 39.5. The second-order valence-corrected chi connectivity index (χ2v) is 10.8. The maximum Gasteiger partial charge on any atom is 0.0878 e. The van der Waals surface area contributed by atoms with E-state index in [0.29, 0.717) is 0 Å². The fourth-order valence-electron chi connectivity index (χ4n) is 5.90. The molecule has 0 nitrogen and oxygen atoms in total. The molecule has 35 heavy (non-hydrogen) atoms. The molecule has 0 spiro atoms. The SMILES string of the molecule is CCCC1CCC(c2ccc(-c3ccc(C(S)(c4ccccc4)c4ccccc4)cc3)cc2)CC1. The van der Waals surface area contributed by atoms with Crippen LogP contribution >= 0.6 is 12.6 Å². The third-order valence-corrected chi connectivity index (χ3v) is 8.72.